The number of carbonyl (C=O) groups is 1. The fourth-order valence-corrected chi connectivity index (χ4v) is 1.86. The van der Waals surface area contributed by atoms with E-state index in [4.69, 9.17) is 0 Å². The van der Waals surface area contributed by atoms with Crippen molar-refractivity contribution in [3.8, 4) is 0 Å². The summed E-state index contributed by atoms with van der Waals surface area (Å²) in [5.74, 6) is 0.152. The van der Waals surface area contributed by atoms with Crippen LogP contribution in [0.5, 0.6) is 0 Å². The minimum atomic E-state index is -0.290. The molecule has 0 unspecified atom stereocenters. The monoisotopic (exact) mass is 281 g/mol. The molecule has 0 aliphatic rings. The summed E-state index contributed by atoms with van der Waals surface area (Å²) in [5, 5.41) is 0. The predicted octanol–water partition coefficient (Wildman–Crippen LogP) is 1.39. The molecule has 0 aliphatic heterocycles. The molecule has 0 spiro atoms. The van der Waals surface area contributed by atoms with Gasteiger partial charge in [-0.2, -0.15) is 0 Å². The first kappa shape index (κ1) is 16.2. The molecule has 0 atom stereocenters. The van der Waals surface area contributed by atoms with Crippen molar-refractivity contribution >= 4 is 11.8 Å². The fraction of sp³-hybridized carbons (Fsp3) is 0.643. The highest BCUT2D eigenvalue weighted by Gasteiger charge is 2.18. The fourth-order valence-electron chi connectivity index (χ4n) is 1.86. The zero-order chi connectivity index (χ0) is 15.3. The molecule has 0 bridgehead atoms. The standard InChI is InChI=1S/C14H23N3O3/c1-14(2,3)17-10-8-15-12(13(17)19)16(4)9-6-7-11(18)20-5/h8,10H,6-7,9H2,1-5H3. The molecule has 0 amide bonds. The van der Waals surface area contributed by atoms with Crippen LogP contribution in [0.1, 0.15) is 33.6 Å². The van der Waals surface area contributed by atoms with Crippen LogP contribution in [-0.2, 0) is 15.1 Å². The van der Waals surface area contributed by atoms with Crippen LogP contribution in [0.3, 0.4) is 0 Å². The molecule has 0 saturated carbocycles. The molecule has 0 fully saturated rings. The first-order valence-corrected chi connectivity index (χ1v) is 6.63. The highest BCUT2D eigenvalue weighted by atomic mass is 16.5. The van der Waals surface area contributed by atoms with Crippen LogP contribution in [0.2, 0.25) is 0 Å². The van der Waals surface area contributed by atoms with Gasteiger partial charge in [-0.1, -0.05) is 0 Å². The molecule has 20 heavy (non-hydrogen) atoms. The number of esters is 1. The van der Waals surface area contributed by atoms with Crippen LogP contribution in [0.4, 0.5) is 5.82 Å². The Morgan fingerprint density at radius 2 is 2.10 bits per heavy atom. The molecule has 6 nitrogen and oxygen atoms in total. The van der Waals surface area contributed by atoms with Gasteiger partial charge in [0.25, 0.3) is 5.56 Å². The summed E-state index contributed by atoms with van der Waals surface area (Å²) in [6.45, 7) is 6.48. The molecule has 1 rings (SSSR count). The molecule has 0 radical (unpaired) electrons. The van der Waals surface area contributed by atoms with Crippen LogP contribution in [0.25, 0.3) is 0 Å². The highest BCUT2D eigenvalue weighted by molar-refractivity contribution is 5.69. The Morgan fingerprint density at radius 3 is 2.65 bits per heavy atom. The molecule has 112 valence electrons. The van der Waals surface area contributed by atoms with E-state index < -0.39 is 0 Å². The minimum absolute atomic E-state index is 0.124. The van der Waals surface area contributed by atoms with Crippen LogP contribution in [-0.4, -0.2) is 36.2 Å². The lowest BCUT2D eigenvalue weighted by molar-refractivity contribution is -0.140. The zero-order valence-electron chi connectivity index (χ0n) is 12.8. The van der Waals surface area contributed by atoms with Crippen molar-refractivity contribution in [2.24, 2.45) is 0 Å². The number of anilines is 1. The van der Waals surface area contributed by atoms with Crippen LogP contribution >= 0.6 is 0 Å². The van der Waals surface area contributed by atoms with Gasteiger partial charge in [-0.05, 0) is 27.2 Å². The molecule has 0 N–H and O–H groups in total. The highest BCUT2D eigenvalue weighted by Crippen LogP contribution is 2.12. The molecular weight excluding hydrogens is 258 g/mol. The number of hydrogen-bond acceptors (Lipinski definition) is 5. The number of hydrogen-bond donors (Lipinski definition) is 0. The van der Waals surface area contributed by atoms with Gasteiger partial charge >= 0.3 is 5.97 Å². The van der Waals surface area contributed by atoms with Crippen molar-refractivity contribution < 1.29 is 9.53 Å². The number of carbonyl (C=O) groups excluding carboxylic acids is 1. The Kier molecular flexibility index (Phi) is 5.30. The van der Waals surface area contributed by atoms with Gasteiger partial charge in [0, 0.05) is 37.9 Å². The van der Waals surface area contributed by atoms with Crippen LogP contribution in [0, 0.1) is 0 Å². The zero-order valence-corrected chi connectivity index (χ0v) is 12.8. The maximum absolute atomic E-state index is 12.4. The van der Waals surface area contributed by atoms with E-state index in [1.165, 1.54) is 7.11 Å². The normalized spacial score (nSPS) is 11.2. The van der Waals surface area contributed by atoms with Gasteiger partial charge < -0.3 is 14.2 Å². The smallest absolute Gasteiger partial charge is 0.305 e. The van der Waals surface area contributed by atoms with E-state index in [1.54, 1.807) is 28.9 Å². The Balaban J connectivity index is 2.82. The van der Waals surface area contributed by atoms with E-state index in [-0.39, 0.29) is 17.1 Å². The van der Waals surface area contributed by atoms with E-state index in [2.05, 4.69) is 9.72 Å². The second-order valence-corrected chi connectivity index (χ2v) is 5.70. The maximum atomic E-state index is 12.4. The van der Waals surface area contributed by atoms with Gasteiger partial charge in [0.05, 0.1) is 7.11 Å². The first-order chi connectivity index (χ1) is 9.27. The summed E-state index contributed by atoms with van der Waals surface area (Å²) in [5.41, 5.74) is -0.415. The van der Waals surface area contributed by atoms with Gasteiger partial charge in [-0.25, -0.2) is 4.98 Å². The summed E-state index contributed by atoms with van der Waals surface area (Å²) in [7, 11) is 3.17. The average Bonchev–Trinajstić information content (AvgIpc) is 2.37. The second kappa shape index (κ2) is 6.54. The van der Waals surface area contributed by atoms with E-state index in [1.807, 2.05) is 20.8 Å². The Morgan fingerprint density at radius 1 is 1.45 bits per heavy atom. The van der Waals surface area contributed by atoms with Crippen molar-refractivity contribution in [1.82, 2.24) is 9.55 Å². The summed E-state index contributed by atoms with van der Waals surface area (Å²) < 4.78 is 6.25. The molecule has 1 heterocycles. The van der Waals surface area contributed by atoms with Gasteiger partial charge in [0.15, 0.2) is 5.82 Å². The van der Waals surface area contributed by atoms with Gasteiger partial charge in [0.2, 0.25) is 0 Å². The number of rotatable bonds is 5. The number of methoxy groups -OCH3 is 1. The third kappa shape index (κ3) is 4.08. The second-order valence-electron chi connectivity index (χ2n) is 5.70. The summed E-state index contributed by atoms with van der Waals surface area (Å²) in [4.78, 5) is 29.4. The van der Waals surface area contributed by atoms with E-state index >= 15 is 0 Å². The Bertz CT molecular complexity index is 517. The number of aromatic nitrogens is 2. The lowest BCUT2D eigenvalue weighted by atomic mass is 10.1. The van der Waals surface area contributed by atoms with E-state index in [9.17, 15) is 9.59 Å². The molecular formula is C14H23N3O3. The molecule has 0 aromatic carbocycles. The van der Waals surface area contributed by atoms with Crippen molar-refractivity contribution in [2.75, 3.05) is 25.6 Å². The Hall–Kier alpha value is -1.85. The van der Waals surface area contributed by atoms with Gasteiger partial charge in [0.1, 0.15) is 0 Å². The lowest BCUT2D eigenvalue weighted by Crippen LogP contribution is -2.38. The molecule has 1 aromatic heterocycles. The van der Waals surface area contributed by atoms with E-state index in [0.29, 0.717) is 25.2 Å². The molecule has 0 saturated heterocycles. The molecule has 6 heteroatoms. The SMILES string of the molecule is COC(=O)CCCN(C)c1nccn(C(C)(C)C)c1=O. The molecule has 0 aliphatic carbocycles. The van der Waals surface area contributed by atoms with Crippen molar-refractivity contribution in [3.63, 3.8) is 0 Å². The topological polar surface area (TPSA) is 64.4 Å². The number of nitrogens with zero attached hydrogens (tertiary/aromatic N) is 3. The van der Waals surface area contributed by atoms with Crippen LogP contribution in [0.15, 0.2) is 17.2 Å². The summed E-state index contributed by atoms with van der Waals surface area (Å²) in [6.07, 6.45) is 4.27. The molecule has 1 aromatic rings. The quantitative estimate of drug-likeness (QED) is 0.763. The van der Waals surface area contributed by atoms with Crippen molar-refractivity contribution in [3.05, 3.63) is 22.7 Å². The average molecular weight is 281 g/mol. The lowest BCUT2D eigenvalue weighted by Gasteiger charge is -2.24. The predicted molar refractivity (Wildman–Crippen MR) is 78.0 cm³/mol. The third-order valence-corrected chi connectivity index (χ3v) is 3.01. The van der Waals surface area contributed by atoms with Gasteiger partial charge in [-0.15, -0.1) is 0 Å². The van der Waals surface area contributed by atoms with E-state index in [0.717, 1.165) is 0 Å². The first-order valence-electron chi connectivity index (χ1n) is 6.63. The maximum Gasteiger partial charge on any atom is 0.305 e. The third-order valence-electron chi connectivity index (χ3n) is 3.01. The van der Waals surface area contributed by atoms with Crippen LogP contribution < -0.4 is 10.5 Å². The van der Waals surface area contributed by atoms with Crippen molar-refractivity contribution in [1.29, 1.82) is 0 Å². The summed E-state index contributed by atoms with van der Waals surface area (Å²) >= 11 is 0. The number of ether oxygens (including phenoxy) is 1. The minimum Gasteiger partial charge on any atom is -0.469 e. The van der Waals surface area contributed by atoms with Gasteiger partial charge in [-0.3, -0.25) is 9.59 Å². The summed E-state index contributed by atoms with van der Waals surface area (Å²) in [6, 6.07) is 0. The Labute approximate surface area is 119 Å². The largest absolute Gasteiger partial charge is 0.469 e. The van der Waals surface area contributed by atoms with Crippen molar-refractivity contribution in [2.45, 2.75) is 39.2 Å².